The number of carbonyl (C=O) groups excluding carboxylic acids is 1. The second-order valence-corrected chi connectivity index (χ2v) is 5.21. The molecular formula is C11H24N2O. The molecule has 0 heterocycles. The van der Waals surface area contributed by atoms with Gasteiger partial charge < -0.3 is 10.6 Å². The molecule has 0 unspecified atom stereocenters. The molecule has 0 atom stereocenters. The van der Waals surface area contributed by atoms with Crippen molar-refractivity contribution in [2.24, 2.45) is 5.41 Å². The van der Waals surface area contributed by atoms with Crippen LogP contribution >= 0.6 is 0 Å². The van der Waals surface area contributed by atoms with Crippen LogP contribution in [0.5, 0.6) is 0 Å². The van der Waals surface area contributed by atoms with Crippen LogP contribution in [0.2, 0.25) is 0 Å². The molecule has 0 fully saturated rings. The van der Waals surface area contributed by atoms with Gasteiger partial charge in [-0.1, -0.05) is 20.8 Å². The number of hydrogen-bond acceptors (Lipinski definition) is 2. The van der Waals surface area contributed by atoms with Crippen molar-refractivity contribution in [2.45, 2.75) is 47.1 Å². The number of rotatable bonds is 5. The molecule has 0 aliphatic rings. The topological polar surface area (TPSA) is 41.1 Å². The predicted molar refractivity (Wildman–Crippen MR) is 60.2 cm³/mol. The number of nitrogens with one attached hydrogen (secondary N) is 2. The average Bonchev–Trinajstić information content (AvgIpc) is 1.95. The van der Waals surface area contributed by atoms with Gasteiger partial charge in [-0.25, -0.2) is 0 Å². The van der Waals surface area contributed by atoms with Crippen molar-refractivity contribution in [1.82, 2.24) is 10.6 Å². The number of amides is 1. The van der Waals surface area contributed by atoms with E-state index >= 15 is 0 Å². The van der Waals surface area contributed by atoms with Gasteiger partial charge in [0.2, 0.25) is 5.91 Å². The Bertz CT molecular complexity index is 171. The highest BCUT2D eigenvalue weighted by atomic mass is 16.1. The highest BCUT2D eigenvalue weighted by Gasteiger charge is 2.09. The Balaban J connectivity index is 3.41. The van der Waals surface area contributed by atoms with Gasteiger partial charge in [0, 0.05) is 25.6 Å². The third kappa shape index (κ3) is 9.52. The Kier molecular flexibility index (Phi) is 5.77. The van der Waals surface area contributed by atoms with Crippen molar-refractivity contribution in [3.63, 3.8) is 0 Å². The summed E-state index contributed by atoms with van der Waals surface area (Å²) in [5.74, 6) is 0.126. The Hall–Kier alpha value is -0.570. The predicted octanol–water partition coefficient (Wildman–Crippen LogP) is 1.54. The molecule has 3 heteroatoms. The normalized spacial score (nSPS) is 11.9. The molecule has 0 aliphatic heterocycles. The maximum Gasteiger partial charge on any atom is 0.221 e. The minimum atomic E-state index is 0.126. The zero-order chi connectivity index (χ0) is 11.2. The monoisotopic (exact) mass is 200 g/mol. The first-order chi connectivity index (χ1) is 6.31. The fraction of sp³-hybridized carbons (Fsp3) is 0.909. The van der Waals surface area contributed by atoms with Gasteiger partial charge in [-0.3, -0.25) is 4.79 Å². The van der Waals surface area contributed by atoms with Crippen LogP contribution in [0, 0.1) is 5.41 Å². The molecule has 1 amide bonds. The molecule has 0 spiro atoms. The minimum Gasteiger partial charge on any atom is -0.354 e. The molecule has 0 rings (SSSR count). The lowest BCUT2D eigenvalue weighted by Gasteiger charge is -2.18. The van der Waals surface area contributed by atoms with Crippen LogP contribution in [0.4, 0.5) is 0 Å². The summed E-state index contributed by atoms with van der Waals surface area (Å²) in [5, 5.41) is 6.13. The van der Waals surface area contributed by atoms with E-state index in [2.05, 4.69) is 31.4 Å². The Labute approximate surface area is 87.6 Å². The van der Waals surface area contributed by atoms with Crippen LogP contribution in [0.15, 0.2) is 0 Å². The highest BCUT2D eigenvalue weighted by molar-refractivity contribution is 5.76. The summed E-state index contributed by atoms with van der Waals surface area (Å²) < 4.78 is 0. The molecule has 2 N–H and O–H groups in total. The van der Waals surface area contributed by atoms with Gasteiger partial charge in [-0.05, 0) is 19.3 Å². The minimum absolute atomic E-state index is 0.126. The van der Waals surface area contributed by atoms with Crippen LogP contribution in [0.3, 0.4) is 0 Å². The summed E-state index contributed by atoms with van der Waals surface area (Å²) in [6.07, 6.45) is 0.564. The van der Waals surface area contributed by atoms with Crippen LogP contribution in [-0.4, -0.2) is 25.0 Å². The largest absolute Gasteiger partial charge is 0.354 e. The molecule has 3 nitrogen and oxygen atoms in total. The summed E-state index contributed by atoms with van der Waals surface area (Å²) in [7, 11) is 0. The maximum atomic E-state index is 11.2. The zero-order valence-corrected chi connectivity index (χ0v) is 10.1. The third-order valence-electron chi connectivity index (χ3n) is 1.63. The van der Waals surface area contributed by atoms with Crippen molar-refractivity contribution in [3.05, 3.63) is 0 Å². The van der Waals surface area contributed by atoms with Crippen LogP contribution in [-0.2, 0) is 4.79 Å². The van der Waals surface area contributed by atoms with Crippen LogP contribution in [0.25, 0.3) is 0 Å². The Morgan fingerprint density at radius 2 is 1.86 bits per heavy atom. The van der Waals surface area contributed by atoms with Gasteiger partial charge in [-0.2, -0.15) is 0 Å². The summed E-state index contributed by atoms with van der Waals surface area (Å²) in [5.41, 5.74) is 0.286. The van der Waals surface area contributed by atoms with E-state index in [9.17, 15) is 4.79 Å². The van der Waals surface area contributed by atoms with Crippen LogP contribution < -0.4 is 10.6 Å². The standard InChI is InChI=1S/C11H24N2O/c1-9(2)13-10(14)6-7-12-8-11(3,4)5/h9,12H,6-8H2,1-5H3,(H,13,14). The Morgan fingerprint density at radius 1 is 1.29 bits per heavy atom. The molecule has 0 aromatic carbocycles. The maximum absolute atomic E-state index is 11.2. The summed E-state index contributed by atoms with van der Waals surface area (Å²) in [6, 6.07) is 0.241. The lowest BCUT2D eigenvalue weighted by molar-refractivity contribution is -0.121. The SMILES string of the molecule is CC(C)NC(=O)CCNCC(C)(C)C. The third-order valence-corrected chi connectivity index (χ3v) is 1.63. The molecule has 84 valence electrons. The molecule has 0 aromatic rings. The van der Waals surface area contributed by atoms with Gasteiger partial charge in [0.25, 0.3) is 0 Å². The van der Waals surface area contributed by atoms with E-state index in [0.717, 1.165) is 13.1 Å². The molecule has 0 aliphatic carbocycles. The summed E-state index contributed by atoms with van der Waals surface area (Å²) in [6.45, 7) is 12.2. The molecule has 14 heavy (non-hydrogen) atoms. The quantitative estimate of drug-likeness (QED) is 0.661. The second kappa shape index (κ2) is 6.02. The van der Waals surface area contributed by atoms with Crippen molar-refractivity contribution in [3.8, 4) is 0 Å². The van der Waals surface area contributed by atoms with E-state index in [0.29, 0.717) is 6.42 Å². The van der Waals surface area contributed by atoms with Gasteiger partial charge in [0.05, 0.1) is 0 Å². The van der Waals surface area contributed by atoms with Gasteiger partial charge >= 0.3 is 0 Å². The molecule has 0 bridgehead atoms. The first-order valence-electron chi connectivity index (χ1n) is 5.31. The fourth-order valence-electron chi connectivity index (χ4n) is 1.06. The van der Waals surface area contributed by atoms with Gasteiger partial charge in [0.15, 0.2) is 0 Å². The fourth-order valence-corrected chi connectivity index (χ4v) is 1.06. The molecule has 0 saturated carbocycles. The molecule has 0 aromatic heterocycles. The number of hydrogen-bond donors (Lipinski definition) is 2. The van der Waals surface area contributed by atoms with E-state index in [1.807, 2.05) is 13.8 Å². The van der Waals surface area contributed by atoms with Crippen molar-refractivity contribution >= 4 is 5.91 Å². The molecule has 0 saturated heterocycles. The van der Waals surface area contributed by atoms with E-state index in [-0.39, 0.29) is 17.4 Å². The van der Waals surface area contributed by atoms with E-state index in [4.69, 9.17) is 0 Å². The lowest BCUT2D eigenvalue weighted by Crippen LogP contribution is -2.34. The van der Waals surface area contributed by atoms with Gasteiger partial charge in [0.1, 0.15) is 0 Å². The van der Waals surface area contributed by atoms with Crippen molar-refractivity contribution in [1.29, 1.82) is 0 Å². The highest BCUT2D eigenvalue weighted by Crippen LogP contribution is 2.09. The first kappa shape index (κ1) is 13.4. The first-order valence-corrected chi connectivity index (χ1v) is 5.31. The van der Waals surface area contributed by atoms with E-state index in [1.165, 1.54) is 0 Å². The average molecular weight is 200 g/mol. The zero-order valence-electron chi connectivity index (χ0n) is 10.1. The van der Waals surface area contributed by atoms with E-state index < -0.39 is 0 Å². The number of carbonyl (C=O) groups is 1. The Morgan fingerprint density at radius 3 is 2.29 bits per heavy atom. The van der Waals surface area contributed by atoms with Gasteiger partial charge in [-0.15, -0.1) is 0 Å². The van der Waals surface area contributed by atoms with Crippen molar-refractivity contribution in [2.75, 3.05) is 13.1 Å². The smallest absolute Gasteiger partial charge is 0.221 e. The molecule has 0 radical (unpaired) electrons. The second-order valence-electron chi connectivity index (χ2n) is 5.21. The van der Waals surface area contributed by atoms with Crippen LogP contribution in [0.1, 0.15) is 41.0 Å². The molecular weight excluding hydrogens is 176 g/mol. The summed E-state index contributed by atoms with van der Waals surface area (Å²) >= 11 is 0. The summed E-state index contributed by atoms with van der Waals surface area (Å²) in [4.78, 5) is 11.2. The lowest BCUT2D eigenvalue weighted by atomic mass is 9.97. The van der Waals surface area contributed by atoms with Crippen molar-refractivity contribution < 1.29 is 4.79 Å². The van der Waals surface area contributed by atoms with E-state index in [1.54, 1.807) is 0 Å².